The summed E-state index contributed by atoms with van der Waals surface area (Å²) in [5, 5.41) is 17.9. The Balaban J connectivity index is 2.08. The molecule has 1 saturated carbocycles. The fourth-order valence-corrected chi connectivity index (χ4v) is 4.06. The van der Waals surface area contributed by atoms with Crippen molar-refractivity contribution in [1.82, 2.24) is 4.72 Å². The van der Waals surface area contributed by atoms with Crippen molar-refractivity contribution in [3.63, 3.8) is 0 Å². The van der Waals surface area contributed by atoms with E-state index >= 15 is 0 Å². The number of nitrogens with one attached hydrogen (secondary N) is 1. The minimum Gasteiger partial charge on any atom is -0.481 e. The van der Waals surface area contributed by atoms with Gasteiger partial charge in [0, 0.05) is 6.04 Å². The van der Waals surface area contributed by atoms with Gasteiger partial charge in [0.2, 0.25) is 10.0 Å². The van der Waals surface area contributed by atoms with Crippen LogP contribution in [0.5, 0.6) is 0 Å². The minimum absolute atomic E-state index is 0.259. The van der Waals surface area contributed by atoms with Gasteiger partial charge in [-0.3, -0.25) is 4.79 Å². The van der Waals surface area contributed by atoms with E-state index < -0.39 is 28.0 Å². The molecule has 0 amide bonds. The van der Waals surface area contributed by atoms with Crippen LogP contribution in [0, 0.1) is 17.2 Å². The Kier molecular flexibility index (Phi) is 4.60. The molecule has 1 aromatic rings. The predicted octanol–water partition coefficient (Wildman–Crippen LogP) is 1.23. The maximum absolute atomic E-state index is 12.1. The molecule has 2 unspecified atom stereocenters. The number of hydrogen-bond donors (Lipinski definition) is 2. The van der Waals surface area contributed by atoms with E-state index in [4.69, 9.17) is 10.4 Å². The maximum Gasteiger partial charge on any atom is 0.308 e. The molecule has 1 aliphatic carbocycles. The molecule has 1 fully saturated rings. The number of hydrogen-bond acceptors (Lipinski definition) is 4. The van der Waals surface area contributed by atoms with Crippen molar-refractivity contribution in [2.24, 2.45) is 5.92 Å². The van der Waals surface area contributed by atoms with Gasteiger partial charge in [-0.1, -0.05) is 18.6 Å². The highest BCUT2D eigenvalue weighted by Crippen LogP contribution is 2.26. The fourth-order valence-electron chi connectivity index (χ4n) is 2.62. The van der Waals surface area contributed by atoms with Crippen LogP contribution in [0.4, 0.5) is 0 Å². The predicted molar refractivity (Wildman–Crippen MR) is 75.7 cm³/mol. The molecule has 2 rings (SSSR count). The Morgan fingerprint density at radius 1 is 1.43 bits per heavy atom. The monoisotopic (exact) mass is 308 g/mol. The van der Waals surface area contributed by atoms with E-state index in [-0.39, 0.29) is 5.75 Å². The third kappa shape index (κ3) is 4.03. The highest BCUT2D eigenvalue weighted by Gasteiger charge is 2.35. The van der Waals surface area contributed by atoms with E-state index in [0.717, 1.165) is 0 Å². The number of carboxylic acids is 1. The summed E-state index contributed by atoms with van der Waals surface area (Å²) in [6.07, 6.45) is 1.73. The molecule has 0 aliphatic heterocycles. The maximum atomic E-state index is 12.1. The zero-order valence-corrected chi connectivity index (χ0v) is 12.1. The molecule has 0 saturated heterocycles. The molecule has 0 aromatic heterocycles. The van der Waals surface area contributed by atoms with Crippen LogP contribution in [0.3, 0.4) is 0 Å². The number of carboxylic acid groups (broad SMARTS) is 1. The Labute approximate surface area is 123 Å². The topological polar surface area (TPSA) is 107 Å². The first-order valence-electron chi connectivity index (χ1n) is 6.63. The Hall–Kier alpha value is -1.91. The van der Waals surface area contributed by atoms with Crippen LogP contribution in [0.25, 0.3) is 0 Å². The number of rotatable bonds is 5. The molecule has 1 aliphatic rings. The lowest BCUT2D eigenvalue weighted by Gasteiger charge is -2.17. The molecule has 0 heterocycles. The number of sulfonamides is 1. The van der Waals surface area contributed by atoms with Gasteiger partial charge >= 0.3 is 5.97 Å². The fraction of sp³-hybridized carbons (Fsp3) is 0.429. The summed E-state index contributed by atoms with van der Waals surface area (Å²) < 4.78 is 26.8. The lowest BCUT2D eigenvalue weighted by atomic mass is 10.1. The second-order valence-corrected chi connectivity index (χ2v) is 6.93. The molecule has 0 radical (unpaired) electrons. The van der Waals surface area contributed by atoms with Crippen LogP contribution < -0.4 is 4.72 Å². The van der Waals surface area contributed by atoms with Crippen molar-refractivity contribution in [2.75, 3.05) is 0 Å². The minimum atomic E-state index is -3.63. The Bertz CT molecular complexity index is 678. The van der Waals surface area contributed by atoms with Crippen molar-refractivity contribution in [1.29, 1.82) is 5.26 Å². The molecule has 1 aromatic carbocycles. The average Bonchev–Trinajstić information content (AvgIpc) is 2.85. The summed E-state index contributed by atoms with van der Waals surface area (Å²) in [6.45, 7) is 0. The summed E-state index contributed by atoms with van der Waals surface area (Å²) in [5.41, 5.74) is 0.901. The first-order valence-corrected chi connectivity index (χ1v) is 8.28. The van der Waals surface area contributed by atoms with E-state index in [2.05, 4.69) is 4.72 Å². The summed E-state index contributed by atoms with van der Waals surface area (Å²) in [6, 6.07) is 7.77. The molecule has 21 heavy (non-hydrogen) atoms. The van der Waals surface area contributed by atoms with Crippen molar-refractivity contribution in [2.45, 2.75) is 31.1 Å². The Morgan fingerprint density at radius 3 is 2.86 bits per heavy atom. The number of nitriles is 1. The van der Waals surface area contributed by atoms with E-state index in [1.54, 1.807) is 18.2 Å². The third-order valence-corrected chi connectivity index (χ3v) is 4.95. The van der Waals surface area contributed by atoms with Gasteiger partial charge in [0.05, 0.1) is 23.3 Å². The van der Waals surface area contributed by atoms with E-state index in [0.29, 0.717) is 30.4 Å². The van der Waals surface area contributed by atoms with Crippen LogP contribution in [0.15, 0.2) is 24.3 Å². The summed E-state index contributed by atoms with van der Waals surface area (Å²) in [4.78, 5) is 11.1. The van der Waals surface area contributed by atoms with Gasteiger partial charge in [-0.15, -0.1) is 0 Å². The summed E-state index contributed by atoms with van der Waals surface area (Å²) >= 11 is 0. The van der Waals surface area contributed by atoms with Gasteiger partial charge in [0.25, 0.3) is 0 Å². The SMILES string of the molecule is N#Cc1cccc(CS(=O)(=O)NC2CCCC2C(=O)O)c1. The highest BCUT2D eigenvalue weighted by atomic mass is 32.2. The average molecular weight is 308 g/mol. The van der Waals surface area contributed by atoms with Crippen LogP contribution >= 0.6 is 0 Å². The van der Waals surface area contributed by atoms with Crippen molar-refractivity contribution >= 4 is 16.0 Å². The molecular formula is C14H16N2O4S. The normalized spacial score (nSPS) is 21.9. The zero-order valence-electron chi connectivity index (χ0n) is 11.3. The summed E-state index contributed by atoms with van der Waals surface area (Å²) in [7, 11) is -3.63. The second kappa shape index (κ2) is 6.24. The van der Waals surface area contributed by atoms with Gasteiger partial charge in [-0.2, -0.15) is 5.26 Å². The standard InChI is InChI=1S/C14H16N2O4S/c15-8-10-3-1-4-11(7-10)9-21(19,20)16-13-6-2-5-12(13)14(17)18/h1,3-4,7,12-13,16H,2,5-6,9H2,(H,17,18). The van der Waals surface area contributed by atoms with Crippen molar-refractivity contribution in [3.8, 4) is 6.07 Å². The highest BCUT2D eigenvalue weighted by molar-refractivity contribution is 7.88. The smallest absolute Gasteiger partial charge is 0.308 e. The lowest BCUT2D eigenvalue weighted by molar-refractivity contribution is -0.141. The van der Waals surface area contributed by atoms with Crippen LogP contribution in [0.1, 0.15) is 30.4 Å². The third-order valence-electron chi connectivity index (χ3n) is 3.58. The van der Waals surface area contributed by atoms with E-state index in [1.807, 2.05) is 6.07 Å². The lowest BCUT2D eigenvalue weighted by Crippen LogP contribution is -2.40. The zero-order chi connectivity index (χ0) is 15.5. The van der Waals surface area contributed by atoms with Crippen LogP contribution in [-0.4, -0.2) is 25.5 Å². The van der Waals surface area contributed by atoms with Gasteiger partial charge in [-0.25, -0.2) is 13.1 Å². The number of benzene rings is 1. The molecule has 7 heteroatoms. The molecule has 2 atom stereocenters. The van der Waals surface area contributed by atoms with Gasteiger partial charge in [-0.05, 0) is 30.5 Å². The largest absolute Gasteiger partial charge is 0.481 e. The molecular weight excluding hydrogens is 292 g/mol. The Morgan fingerprint density at radius 2 is 2.19 bits per heavy atom. The molecule has 0 bridgehead atoms. The number of aliphatic carboxylic acids is 1. The molecule has 6 nitrogen and oxygen atoms in total. The quantitative estimate of drug-likeness (QED) is 0.850. The van der Waals surface area contributed by atoms with E-state index in [9.17, 15) is 13.2 Å². The number of carbonyl (C=O) groups is 1. The van der Waals surface area contributed by atoms with Gasteiger partial charge in [0.15, 0.2) is 0 Å². The summed E-state index contributed by atoms with van der Waals surface area (Å²) in [5.74, 6) is -1.89. The molecule has 0 spiro atoms. The first kappa shape index (κ1) is 15.5. The molecule has 2 N–H and O–H groups in total. The van der Waals surface area contributed by atoms with E-state index in [1.165, 1.54) is 6.07 Å². The molecule has 112 valence electrons. The van der Waals surface area contributed by atoms with Crippen molar-refractivity contribution in [3.05, 3.63) is 35.4 Å². The van der Waals surface area contributed by atoms with Crippen LogP contribution in [0.2, 0.25) is 0 Å². The van der Waals surface area contributed by atoms with Crippen LogP contribution in [-0.2, 0) is 20.6 Å². The first-order chi connectivity index (χ1) is 9.91. The van der Waals surface area contributed by atoms with Crippen molar-refractivity contribution < 1.29 is 18.3 Å². The number of nitrogens with zero attached hydrogens (tertiary/aromatic N) is 1. The second-order valence-electron chi connectivity index (χ2n) is 5.17. The van der Waals surface area contributed by atoms with Gasteiger partial charge in [0.1, 0.15) is 0 Å². The van der Waals surface area contributed by atoms with Gasteiger partial charge < -0.3 is 5.11 Å².